The second kappa shape index (κ2) is 2.74. The molecule has 0 atom stereocenters. The van der Waals surface area contributed by atoms with Gasteiger partial charge < -0.3 is 14.7 Å². The molecule has 0 spiro atoms. The van der Waals surface area contributed by atoms with Gasteiger partial charge in [0.05, 0.1) is 0 Å². The van der Waals surface area contributed by atoms with Gasteiger partial charge in [0, 0.05) is 12.1 Å². The second-order valence-electron chi connectivity index (χ2n) is 3.55. The summed E-state index contributed by atoms with van der Waals surface area (Å²) in [6.45, 7) is 5.89. The van der Waals surface area contributed by atoms with Gasteiger partial charge in [0.1, 0.15) is 0 Å². The fourth-order valence-electron chi connectivity index (χ4n) is 0.769. The van der Waals surface area contributed by atoms with Crippen LogP contribution in [0.5, 0.6) is 11.8 Å². The summed E-state index contributed by atoms with van der Waals surface area (Å²) in [7, 11) is -1.78. The minimum absolute atomic E-state index is 0.0741. The van der Waals surface area contributed by atoms with Gasteiger partial charge in [-0.2, -0.15) is 0 Å². The standard InChI is InChI=1S/C7H13NO3Si/c1-12(2,3)11-8-6(9)4-5-7(8)10/h4-5,9-10H,1-3H3. The molecule has 1 heterocycles. The molecule has 0 fully saturated rings. The van der Waals surface area contributed by atoms with Crippen LogP contribution in [0.1, 0.15) is 0 Å². The monoisotopic (exact) mass is 187 g/mol. The molecule has 1 rings (SSSR count). The molecule has 0 saturated carbocycles. The van der Waals surface area contributed by atoms with E-state index < -0.39 is 8.32 Å². The van der Waals surface area contributed by atoms with Crippen molar-refractivity contribution in [2.45, 2.75) is 19.6 Å². The molecule has 0 aromatic carbocycles. The molecule has 12 heavy (non-hydrogen) atoms. The average molecular weight is 187 g/mol. The number of aromatic hydroxyl groups is 2. The van der Waals surface area contributed by atoms with Gasteiger partial charge in [-0.25, -0.2) is 0 Å². The summed E-state index contributed by atoms with van der Waals surface area (Å²) in [6, 6.07) is 2.77. The highest BCUT2D eigenvalue weighted by molar-refractivity contribution is 6.69. The molecule has 1 aromatic heterocycles. The number of aromatic nitrogens is 1. The minimum atomic E-state index is -1.78. The van der Waals surface area contributed by atoms with E-state index in [0.29, 0.717) is 0 Å². The van der Waals surface area contributed by atoms with Crippen LogP contribution in [-0.4, -0.2) is 23.3 Å². The molecule has 0 aliphatic heterocycles. The molecule has 0 unspecified atom stereocenters. The van der Waals surface area contributed by atoms with Crippen molar-refractivity contribution >= 4 is 8.32 Å². The molecule has 68 valence electrons. The summed E-state index contributed by atoms with van der Waals surface area (Å²) >= 11 is 0. The third-order valence-electron chi connectivity index (χ3n) is 1.16. The molecule has 2 N–H and O–H groups in total. The van der Waals surface area contributed by atoms with E-state index in [9.17, 15) is 10.2 Å². The van der Waals surface area contributed by atoms with E-state index in [4.69, 9.17) is 4.53 Å². The van der Waals surface area contributed by atoms with Gasteiger partial charge >= 0.3 is 0 Å². The maximum atomic E-state index is 9.19. The molecular formula is C7H13NO3Si. The van der Waals surface area contributed by atoms with E-state index in [-0.39, 0.29) is 11.8 Å². The van der Waals surface area contributed by atoms with Crippen LogP contribution in [0.25, 0.3) is 0 Å². The third-order valence-corrected chi connectivity index (χ3v) is 1.89. The Kier molecular flexibility index (Phi) is 2.06. The first-order chi connectivity index (χ1) is 5.40. The zero-order valence-electron chi connectivity index (χ0n) is 7.40. The molecule has 0 radical (unpaired) electrons. The first-order valence-electron chi connectivity index (χ1n) is 3.69. The van der Waals surface area contributed by atoms with Crippen LogP contribution in [0.15, 0.2) is 12.1 Å². The Labute approximate surface area is 72.1 Å². The number of rotatable bonds is 2. The van der Waals surface area contributed by atoms with Crippen molar-refractivity contribution in [1.82, 2.24) is 4.73 Å². The molecular weight excluding hydrogens is 174 g/mol. The molecule has 0 aliphatic carbocycles. The number of hydrogen-bond acceptors (Lipinski definition) is 3. The quantitative estimate of drug-likeness (QED) is 0.683. The lowest BCUT2D eigenvalue weighted by Gasteiger charge is -2.19. The second-order valence-corrected chi connectivity index (χ2v) is 7.96. The van der Waals surface area contributed by atoms with E-state index in [2.05, 4.69) is 0 Å². The topological polar surface area (TPSA) is 54.6 Å². The molecule has 4 nitrogen and oxygen atoms in total. The Morgan fingerprint density at radius 3 is 1.92 bits per heavy atom. The maximum Gasteiger partial charge on any atom is 0.276 e. The smallest absolute Gasteiger partial charge is 0.276 e. The number of nitrogens with zero attached hydrogens (tertiary/aromatic N) is 1. The predicted molar refractivity (Wildman–Crippen MR) is 47.7 cm³/mol. The number of hydrogen-bond donors (Lipinski definition) is 2. The molecule has 0 amide bonds. The van der Waals surface area contributed by atoms with Gasteiger partial charge in [-0.1, -0.05) is 0 Å². The van der Waals surface area contributed by atoms with E-state index in [1.807, 2.05) is 19.6 Å². The summed E-state index contributed by atoms with van der Waals surface area (Å²) in [5, 5.41) is 18.4. The fraction of sp³-hybridized carbons (Fsp3) is 0.429. The summed E-state index contributed by atoms with van der Waals surface area (Å²) in [5.41, 5.74) is 0. The zero-order chi connectivity index (χ0) is 9.35. The van der Waals surface area contributed by atoms with Gasteiger partial charge in [0.25, 0.3) is 8.32 Å². The van der Waals surface area contributed by atoms with Crippen molar-refractivity contribution in [3.05, 3.63) is 12.1 Å². The van der Waals surface area contributed by atoms with Crippen molar-refractivity contribution in [2.75, 3.05) is 0 Å². The van der Waals surface area contributed by atoms with Crippen molar-refractivity contribution in [3.63, 3.8) is 0 Å². The van der Waals surface area contributed by atoms with Gasteiger partial charge in [-0.3, -0.25) is 0 Å². The van der Waals surface area contributed by atoms with Crippen LogP contribution >= 0.6 is 0 Å². The summed E-state index contributed by atoms with van der Waals surface area (Å²) in [6.07, 6.45) is 0. The highest BCUT2D eigenvalue weighted by atomic mass is 28.4. The van der Waals surface area contributed by atoms with Gasteiger partial charge in [0.2, 0.25) is 11.8 Å². The van der Waals surface area contributed by atoms with E-state index in [1.165, 1.54) is 12.1 Å². The predicted octanol–water partition coefficient (Wildman–Crippen LogP) is 1.16. The Bertz CT molecular complexity index is 257. The van der Waals surface area contributed by atoms with Gasteiger partial charge in [-0.05, 0) is 19.6 Å². The Morgan fingerprint density at radius 2 is 1.58 bits per heavy atom. The molecule has 1 aromatic rings. The van der Waals surface area contributed by atoms with Crippen LogP contribution in [0.4, 0.5) is 0 Å². The van der Waals surface area contributed by atoms with E-state index >= 15 is 0 Å². The van der Waals surface area contributed by atoms with Crippen LogP contribution in [0.3, 0.4) is 0 Å². The first-order valence-corrected chi connectivity index (χ1v) is 7.10. The summed E-state index contributed by atoms with van der Waals surface area (Å²) in [5.74, 6) is -0.148. The summed E-state index contributed by atoms with van der Waals surface area (Å²) < 4.78 is 6.41. The lowest BCUT2D eigenvalue weighted by atomic mass is 10.6. The van der Waals surface area contributed by atoms with Crippen molar-refractivity contribution in [3.8, 4) is 11.8 Å². The fourth-order valence-corrected chi connectivity index (χ4v) is 1.50. The van der Waals surface area contributed by atoms with Crippen molar-refractivity contribution in [1.29, 1.82) is 0 Å². The zero-order valence-corrected chi connectivity index (χ0v) is 8.40. The highest BCUT2D eigenvalue weighted by Gasteiger charge is 2.20. The van der Waals surface area contributed by atoms with Gasteiger partial charge in [-0.15, -0.1) is 4.73 Å². The SMILES string of the molecule is C[Si](C)(C)On1c(O)ccc1O. The lowest BCUT2D eigenvalue weighted by molar-refractivity contribution is 0.192. The van der Waals surface area contributed by atoms with Crippen molar-refractivity contribution < 1.29 is 14.7 Å². The molecule has 5 heteroatoms. The average Bonchev–Trinajstić information content (AvgIpc) is 2.16. The van der Waals surface area contributed by atoms with E-state index in [1.54, 1.807) is 0 Å². The third kappa shape index (κ3) is 1.94. The molecule has 0 saturated heterocycles. The first kappa shape index (κ1) is 8.99. The maximum absolute atomic E-state index is 9.19. The molecule has 0 bridgehead atoms. The highest BCUT2D eigenvalue weighted by Crippen LogP contribution is 2.20. The van der Waals surface area contributed by atoms with Crippen LogP contribution in [-0.2, 0) is 0 Å². The Balaban J connectivity index is 2.88. The van der Waals surface area contributed by atoms with Crippen LogP contribution in [0.2, 0.25) is 19.6 Å². The Hall–Kier alpha value is -1.10. The Morgan fingerprint density at radius 1 is 1.17 bits per heavy atom. The largest absolute Gasteiger partial charge is 0.492 e. The van der Waals surface area contributed by atoms with Gasteiger partial charge in [0.15, 0.2) is 0 Å². The normalized spacial score (nSPS) is 11.6. The van der Waals surface area contributed by atoms with Crippen LogP contribution in [0, 0.1) is 0 Å². The summed E-state index contributed by atoms with van der Waals surface area (Å²) in [4.78, 5) is 0. The lowest BCUT2D eigenvalue weighted by Crippen LogP contribution is -2.35. The van der Waals surface area contributed by atoms with E-state index in [0.717, 1.165) is 4.73 Å². The molecule has 0 aliphatic rings. The minimum Gasteiger partial charge on any atom is -0.492 e. The van der Waals surface area contributed by atoms with Crippen LogP contribution < -0.4 is 4.53 Å². The van der Waals surface area contributed by atoms with Crippen molar-refractivity contribution in [2.24, 2.45) is 0 Å².